The van der Waals surface area contributed by atoms with Crippen LogP contribution >= 0.6 is 11.3 Å². The molecular weight excluding hydrogens is 198 g/mol. The molecule has 0 saturated heterocycles. The van der Waals surface area contributed by atoms with E-state index in [1.165, 1.54) is 11.3 Å². The van der Waals surface area contributed by atoms with E-state index < -0.39 is 6.10 Å². The first-order chi connectivity index (χ1) is 6.81. The Hall–Kier alpha value is -1.26. The summed E-state index contributed by atoms with van der Waals surface area (Å²) in [5.41, 5.74) is 0.885. The highest BCUT2D eigenvalue weighted by molar-refractivity contribution is 7.13. The molecular formula is C10H10NO2S-. The summed E-state index contributed by atoms with van der Waals surface area (Å²) in [6.07, 6.45) is 1.05. The minimum absolute atomic E-state index is 0.575. The second-order valence-electron chi connectivity index (χ2n) is 2.85. The Balaban J connectivity index is 2.23. The van der Waals surface area contributed by atoms with Gasteiger partial charge in [-0.25, -0.2) is 11.1 Å². The molecule has 0 spiro atoms. The first-order valence-electron chi connectivity index (χ1n) is 4.20. The van der Waals surface area contributed by atoms with Crippen LogP contribution in [0.3, 0.4) is 0 Å². The Labute approximate surface area is 86.0 Å². The zero-order chi connectivity index (χ0) is 9.97. The zero-order valence-electron chi connectivity index (χ0n) is 7.68. The summed E-state index contributed by atoms with van der Waals surface area (Å²) in [5.74, 6) is 0. The van der Waals surface area contributed by atoms with Crippen LogP contribution in [0.4, 0.5) is 0 Å². The fraction of sp³-hybridized carbons (Fsp3) is 0.200. The highest BCUT2D eigenvalue weighted by Crippen LogP contribution is 2.30. The van der Waals surface area contributed by atoms with Crippen molar-refractivity contribution in [3.05, 3.63) is 40.9 Å². The second kappa shape index (κ2) is 3.86. The molecule has 0 amide bonds. The molecule has 14 heavy (non-hydrogen) atoms. The van der Waals surface area contributed by atoms with Crippen molar-refractivity contribution >= 4 is 11.3 Å². The van der Waals surface area contributed by atoms with Crippen LogP contribution in [0.1, 0.15) is 16.5 Å². The number of rotatable bonds is 3. The lowest BCUT2D eigenvalue weighted by Crippen LogP contribution is -1.93. The molecule has 0 radical (unpaired) electrons. The van der Waals surface area contributed by atoms with Gasteiger partial charge in [-0.05, 0) is 0 Å². The van der Waals surface area contributed by atoms with Crippen molar-refractivity contribution in [3.63, 3.8) is 0 Å². The molecule has 2 aromatic rings. The van der Waals surface area contributed by atoms with Crippen molar-refractivity contribution in [2.45, 2.75) is 6.10 Å². The molecule has 0 aliphatic carbocycles. The summed E-state index contributed by atoms with van der Waals surface area (Å²) in [6, 6.07) is 7.57. The summed E-state index contributed by atoms with van der Waals surface area (Å²) >= 11 is 1.36. The van der Waals surface area contributed by atoms with Gasteiger partial charge in [0.15, 0.2) is 0 Å². The van der Waals surface area contributed by atoms with Crippen LogP contribution < -0.4 is 4.74 Å². The van der Waals surface area contributed by atoms with Crippen LogP contribution in [0.2, 0.25) is 0 Å². The van der Waals surface area contributed by atoms with E-state index in [9.17, 15) is 5.11 Å². The monoisotopic (exact) mass is 208 g/mol. The van der Waals surface area contributed by atoms with Crippen LogP contribution in [0.15, 0.2) is 30.5 Å². The number of hydrogen-bond acceptors (Lipinski definition) is 4. The average Bonchev–Trinajstić information content (AvgIpc) is 2.88. The average molecular weight is 208 g/mol. The SMILES string of the molecule is COc1ncc(C(O)c2cc[cH-]c2)s1. The first-order valence-corrected chi connectivity index (χ1v) is 5.02. The lowest BCUT2D eigenvalue weighted by Gasteiger charge is -2.10. The highest BCUT2D eigenvalue weighted by Gasteiger charge is 2.09. The van der Waals surface area contributed by atoms with Crippen molar-refractivity contribution in [1.29, 1.82) is 0 Å². The Morgan fingerprint density at radius 1 is 1.64 bits per heavy atom. The number of thiazole rings is 1. The Bertz CT molecular complexity index is 394. The maximum Gasteiger partial charge on any atom is 0.273 e. The van der Waals surface area contributed by atoms with Crippen molar-refractivity contribution in [1.82, 2.24) is 4.98 Å². The van der Waals surface area contributed by atoms with Gasteiger partial charge >= 0.3 is 0 Å². The van der Waals surface area contributed by atoms with E-state index in [-0.39, 0.29) is 0 Å². The molecule has 0 aliphatic rings. The van der Waals surface area contributed by atoms with Gasteiger partial charge in [-0.15, -0.1) is 0 Å². The van der Waals surface area contributed by atoms with Crippen LogP contribution in [-0.2, 0) is 0 Å². The molecule has 1 aromatic heterocycles. The van der Waals surface area contributed by atoms with E-state index in [1.807, 2.05) is 24.3 Å². The Morgan fingerprint density at radius 3 is 3.07 bits per heavy atom. The molecule has 0 fully saturated rings. The standard InChI is InChI=1S/C10H10NO2S/c1-13-10-11-6-8(14-10)9(12)7-4-2-3-5-7/h2-6,9,12H,1H3/q-1. The van der Waals surface area contributed by atoms with Gasteiger partial charge in [-0.1, -0.05) is 11.3 Å². The lowest BCUT2D eigenvalue weighted by molar-refractivity contribution is 0.224. The molecule has 2 rings (SSSR count). The van der Waals surface area contributed by atoms with Crippen LogP contribution in [0, 0.1) is 0 Å². The molecule has 3 nitrogen and oxygen atoms in total. The highest BCUT2D eigenvalue weighted by atomic mass is 32.1. The quantitative estimate of drug-likeness (QED) is 0.784. The molecule has 0 aliphatic heterocycles. The molecule has 1 aromatic carbocycles. The van der Waals surface area contributed by atoms with Gasteiger partial charge in [-0.2, -0.15) is 23.8 Å². The third-order valence-corrected chi connectivity index (χ3v) is 2.96. The fourth-order valence-corrected chi connectivity index (χ4v) is 1.97. The molecule has 1 atom stereocenters. The second-order valence-corrected chi connectivity index (χ2v) is 3.88. The summed E-state index contributed by atoms with van der Waals surface area (Å²) in [5, 5.41) is 10.5. The summed E-state index contributed by atoms with van der Waals surface area (Å²) < 4.78 is 4.96. The number of aromatic nitrogens is 1. The number of aliphatic hydroxyl groups excluding tert-OH is 1. The topological polar surface area (TPSA) is 42.4 Å². The molecule has 1 unspecified atom stereocenters. The smallest absolute Gasteiger partial charge is 0.273 e. The number of nitrogens with zero attached hydrogens (tertiary/aromatic N) is 1. The number of ether oxygens (including phenoxy) is 1. The van der Waals surface area contributed by atoms with Crippen LogP contribution in [0.25, 0.3) is 0 Å². The maximum absolute atomic E-state index is 9.90. The minimum Gasteiger partial charge on any atom is -0.473 e. The van der Waals surface area contributed by atoms with Crippen molar-refractivity contribution in [2.75, 3.05) is 7.11 Å². The van der Waals surface area contributed by atoms with Crippen molar-refractivity contribution in [3.8, 4) is 5.19 Å². The third kappa shape index (κ3) is 1.66. The number of hydrogen-bond donors (Lipinski definition) is 1. The van der Waals surface area contributed by atoms with Gasteiger partial charge in [0, 0.05) is 11.1 Å². The number of methoxy groups -OCH3 is 1. The van der Waals surface area contributed by atoms with Gasteiger partial charge in [0.1, 0.15) is 0 Å². The zero-order valence-corrected chi connectivity index (χ0v) is 8.49. The number of aliphatic hydroxyl groups is 1. The fourth-order valence-electron chi connectivity index (χ4n) is 1.23. The Kier molecular flexibility index (Phi) is 2.56. The van der Waals surface area contributed by atoms with E-state index in [0.717, 1.165) is 10.4 Å². The normalized spacial score (nSPS) is 12.7. The molecule has 1 N–H and O–H groups in total. The van der Waals surface area contributed by atoms with Gasteiger partial charge < -0.3 is 9.84 Å². The summed E-state index contributed by atoms with van der Waals surface area (Å²) in [6.45, 7) is 0. The summed E-state index contributed by atoms with van der Waals surface area (Å²) in [7, 11) is 1.57. The van der Waals surface area contributed by atoms with Gasteiger partial charge in [0.25, 0.3) is 5.19 Å². The predicted octanol–water partition coefficient (Wildman–Crippen LogP) is 1.95. The van der Waals surface area contributed by atoms with E-state index in [1.54, 1.807) is 13.3 Å². The lowest BCUT2D eigenvalue weighted by atomic mass is 10.2. The van der Waals surface area contributed by atoms with Gasteiger partial charge in [-0.3, -0.25) is 0 Å². The van der Waals surface area contributed by atoms with E-state index in [0.29, 0.717) is 5.19 Å². The molecule has 0 saturated carbocycles. The van der Waals surface area contributed by atoms with Crippen LogP contribution in [-0.4, -0.2) is 17.2 Å². The van der Waals surface area contributed by atoms with Gasteiger partial charge in [0.05, 0.1) is 13.2 Å². The van der Waals surface area contributed by atoms with Crippen molar-refractivity contribution in [2.24, 2.45) is 0 Å². The third-order valence-electron chi connectivity index (χ3n) is 1.95. The predicted molar refractivity (Wildman–Crippen MR) is 54.8 cm³/mol. The van der Waals surface area contributed by atoms with E-state index >= 15 is 0 Å². The van der Waals surface area contributed by atoms with Gasteiger partial charge in [0.2, 0.25) is 0 Å². The largest absolute Gasteiger partial charge is 0.473 e. The van der Waals surface area contributed by atoms with Crippen molar-refractivity contribution < 1.29 is 9.84 Å². The van der Waals surface area contributed by atoms with E-state index in [2.05, 4.69) is 4.98 Å². The molecule has 4 heteroatoms. The molecule has 0 bridgehead atoms. The maximum atomic E-state index is 9.90. The molecule has 74 valence electrons. The minimum atomic E-state index is -0.591. The Morgan fingerprint density at radius 2 is 2.50 bits per heavy atom. The van der Waals surface area contributed by atoms with E-state index in [4.69, 9.17) is 4.74 Å². The summed E-state index contributed by atoms with van der Waals surface area (Å²) in [4.78, 5) is 4.80. The molecule has 1 heterocycles. The van der Waals surface area contributed by atoms with Crippen LogP contribution in [0.5, 0.6) is 5.19 Å². The first kappa shape index (κ1) is 9.30.